The Bertz CT molecular complexity index is 716. The molecular weight excluding hydrogens is 310 g/mol. The highest BCUT2D eigenvalue weighted by atomic mass is 35.5. The smallest absolute Gasteiger partial charge is 0.182 e. The number of halogens is 3. The Labute approximate surface area is 119 Å². The van der Waals surface area contributed by atoms with Gasteiger partial charge in [0.05, 0.1) is 28.4 Å². The molecule has 8 heteroatoms. The van der Waals surface area contributed by atoms with E-state index < -0.39 is 22.3 Å². The average Bonchev–Trinajstić information content (AvgIpc) is 2.79. The minimum atomic E-state index is -3.65. The SMILES string of the molecule is O=S(=O)(Cc1cnn(CCF)c1)c1ccc(F)c(Cl)c1. The largest absolute Gasteiger partial charge is 0.270 e. The molecule has 0 unspecified atom stereocenters. The van der Waals surface area contributed by atoms with Gasteiger partial charge in [-0.3, -0.25) is 4.68 Å². The maximum Gasteiger partial charge on any atom is 0.182 e. The van der Waals surface area contributed by atoms with Gasteiger partial charge in [-0.15, -0.1) is 0 Å². The quantitative estimate of drug-likeness (QED) is 0.796. The molecule has 0 aliphatic rings. The van der Waals surface area contributed by atoms with E-state index in [2.05, 4.69) is 5.10 Å². The van der Waals surface area contributed by atoms with Gasteiger partial charge in [0.2, 0.25) is 0 Å². The van der Waals surface area contributed by atoms with E-state index in [1.54, 1.807) is 0 Å². The third kappa shape index (κ3) is 3.34. The second kappa shape index (κ2) is 5.88. The number of benzene rings is 1. The lowest BCUT2D eigenvalue weighted by molar-refractivity contribution is 0.427. The molecule has 1 aromatic heterocycles. The molecule has 1 heterocycles. The molecule has 0 spiro atoms. The first kappa shape index (κ1) is 14.9. The minimum absolute atomic E-state index is 0.0675. The van der Waals surface area contributed by atoms with Crippen LogP contribution in [0.5, 0.6) is 0 Å². The minimum Gasteiger partial charge on any atom is -0.270 e. The first-order valence-corrected chi connectivity index (χ1v) is 7.70. The zero-order chi connectivity index (χ0) is 14.8. The molecule has 0 aliphatic carbocycles. The molecule has 0 aliphatic heterocycles. The fourth-order valence-corrected chi connectivity index (χ4v) is 3.24. The van der Waals surface area contributed by atoms with Crippen LogP contribution in [-0.2, 0) is 22.1 Å². The Balaban J connectivity index is 2.23. The van der Waals surface area contributed by atoms with Gasteiger partial charge in [-0.1, -0.05) is 11.6 Å². The van der Waals surface area contributed by atoms with E-state index in [4.69, 9.17) is 11.6 Å². The Morgan fingerprint density at radius 3 is 2.75 bits per heavy atom. The maximum atomic E-state index is 13.0. The van der Waals surface area contributed by atoms with Crippen molar-refractivity contribution in [2.24, 2.45) is 0 Å². The van der Waals surface area contributed by atoms with Crippen LogP contribution in [0.3, 0.4) is 0 Å². The molecule has 0 radical (unpaired) electrons. The number of alkyl halides is 1. The Kier molecular flexibility index (Phi) is 4.39. The summed E-state index contributed by atoms with van der Waals surface area (Å²) in [6, 6.07) is 3.22. The number of hydrogen-bond acceptors (Lipinski definition) is 3. The molecule has 1 aromatic carbocycles. The second-order valence-electron chi connectivity index (χ2n) is 4.14. The molecule has 0 N–H and O–H groups in total. The van der Waals surface area contributed by atoms with E-state index in [-0.39, 0.29) is 22.2 Å². The van der Waals surface area contributed by atoms with Crippen LogP contribution in [0.4, 0.5) is 8.78 Å². The number of nitrogens with zero attached hydrogens (tertiary/aromatic N) is 2. The van der Waals surface area contributed by atoms with E-state index in [0.717, 1.165) is 18.2 Å². The second-order valence-corrected chi connectivity index (χ2v) is 6.53. The van der Waals surface area contributed by atoms with Crippen LogP contribution in [0.25, 0.3) is 0 Å². The van der Waals surface area contributed by atoms with Gasteiger partial charge in [0, 0.05) is 11.8 Å². The molecule has 4 nitrogen and oxygen atoms in total. The Morgan fingerprint density at radius 1 is 1.35 bits per heavy atom. The van der Waals surface area contributed by atoms with E-state index in [1.165, 1.54) is 17.1 Å². The molecule has 20 heavy (non-hydrogen) atoms. The van der Waals surface area contributed by atoms with E-state index >= 15 is 0 Å². The molecule has 0 bridgehead atoms. The van der Waals surface area contributed by atoms with Gasteiger partial charge < -0.3 is 0 Å². The Hall–Kier alpha value is -1.47. The summed E-state index contributed by atoms with van der Waals surface area (Å²) in [5.74, 6) is -0.984. The normalized spacial score (nSPS) is 11.8. The van der Waals surface area contributed by atoms with E-state index in [1.807, 2.05) is 0 Å². The van der Waals surface area contributed by atoms with Crippen molar-refractivity contribution in [3.8, 4) is 0 Å². The molecule has 0 fully saturated rings. The highest BCUT2D eigenvalue weighted by molar-refractivity contribution is 7.90. The van der Waals surface area contributed by atoms with Gasteiger partial charge in [-0.25, -0.2) is 17.2 Å². The van der Waals surface area contributed by atoms with Crippen molar-refractivity contribution in [3.63, 3.8) is 0 Å². The summed E-state index contributed by atoms with van der Waals surface area (Å²) in [5, 5.41) is 3.59. The average molecular weight is 321 g/mol. The number of hydrogen-bond donors (Lipinski definition) is 0. The monoisotopic (exact) mass is 320 g/mol. The molecule has 0 saturated heterocycles. The standard InChI is InChI=1S/C12H11ClF2N2O2S/c13-11-5-10(1-2-12(11)15)20(18,19)8-9-6-16-17(7-9)4-3-14/h1-2,5-7H,3-4,8H2. The predicted octanol–water partition coefficient (Wildman–Crippen LogP) is 2.62. The molecule has 2 rings (SSSR count). The van der Waals surface area contributed by atoms with E-state index in [0.29, 0.717) is 5.56 Å². The lowest BCUT2D eigenvalue weighted by atomic mass is 10.3. The molecule has 0 amide bonds. The van der Waals surface area contributed by atoms with Crippen molar-refractivity contribution in [2.75, 3.05) is 6.67 Å². The predicted molar refractivity (Wildman–Crippen MR) is 70.5 cm³/mol. The van der Waals surface area contributed by atoms with Crippen LogP contribution < -0.4 is 0 Å². The summed E-state index contributed by atoms with van der Waals surface area (Å²) in [4.78, 5) is -0.0675. The molecule has 0 atom stereocenters. The summed E-state index contributed by atoms with van der Waals surface area (Å²) >= 11 is 5.57. The van der Waals surface area contributed by atoms with Crippen LogP contribution in [-0.4, -0.2) is 24.9 Å². The molecular formula is C12H11ClF2N2O2S. The van der Waals surface area contributed by atoms with Crippen LogP contribution >= 0.6 is 11.6 Å². The summed E-state index contributed by atoms with van der Waals surface area (Å²) in [6.45, 7) is -0.510. The number of aryl methyl sites for hydroxylation is 1. The third-order valence-electron chi connectivity index (χ3n) is 2.61. The molecule has 108 valence electrons. The zero-order valence-corrected chi connectivity index (χ0v) is 11.8. The number of rotatable bonds is 5. The van der Waals surface area contributed by atoms with Crippen molar-refractivity contribution >= 4 is 21.4 Å². The van der Waals surface area contributed by atoms with Gasteiger partial charge in [0.25, 0.3) is 0 Å². The number of aromatic nitrogens is 2. The van der Waals surface area contributed by atoms with Gasteiger partial charge in [-0.05, 0) is 18.2 Å². The van der Waals surface area contributed by atoms with Crippen molar-refractivity contribution < 1.29 is 17.2 Å². The highest BCUT2D eigenvalue weighted by Crippen LogP contribution is 2.22. The van der Waals surface area contributed by atoms with Crippen LogP contribution in [0.15, 0.2) is 35.5 Å². The fourth-order valence-electron chi connectivity index (χ4n) is 1.66. The summed E-state index contributed by atoms with van der Waals surface area (Å²) in [7, 11) is -3.65. The van der Waals surface area contributed by atoms with Crippen molar-refractivity contribution in [1.82, 2.24) is 9.78 Å². The van der Waals surface area contributed by atoms with Crippen LogP contribution in [0, 0.1) is 5.82 Å². The topological polar surface area (TPSA) is 52.0 Å². The Morgan fingerprint density at radius 2 is 2.10 bits per heavy atom. The summed E-state index contributed by atoms with van der Waals surface area (Å²) in [5.41, 5.74) is 0.430. The summed E-state index contributed by atoms with van der Waals surface area (Å²) in [6.07, 6.45) is 2.82. The van der Waals surface area contributed by atoms with Crippen molar-refractivity contribution in [3.05, 3.63) is 47.0 Å². The fraction of sp³-hybridized carbons (Fsp3) is 0.250. The summed E-state index contributed by atoms with van der Waals surface area (Å²) < 4.78 is 50.8. The van der Waals surface area contributed by atoms with Crippen LogP contribution in [0.2, 0.25) is 5.02 Å². The first-order chi connectivity index (χ1) is 9.42. The molecule has 0 saturated carbocycles. The number of sulfone groups is 1. The lowest BCUT2D eigenvalue weighted by Crippen LogP contribution is -2.05. The van der Waals surface area contributed by atoms with Crippen LogP contribution in [0.1, 0.15) is 5.56 Å². The molecule has 2 aromatic rings. The van der Waals surface area contributed by atoms with Crippen molar-refractivity contribution in [2.45, 2.75) is 17.2 Å². The highest BCUT2D eigenvalue weighted by Gasteiger charge is 2.18. The van der Waals surface area contributed by atoms with Gasteiger partial charge in [0.15, 0.2) is 9.84 Å². The lowest BCUT2D eigenvalue weighted by Gasteiger charge is -2.04. The first-order valence-electron chi connectivity index (χ1n) is 5.67. The van der Waals surface area contributed by atoms with Gasteiger partial charge >= 0.3 is 0 Å². The zero-order valence-electron chi connectivity index (χ0n) is 10.3. The third-order valence-corrected chi connectivity index (χ3v) is 4.58. The van der Waals surface area contributed by atoms with Gasteiger partial charge in [0.1, 0.15) is 12.5 Å². The van der Waals surface area contributed by atoms with E-state index in [9.17, 15) is 17.2 Å². The maximum absolute atomic E-state index is 13.0. The van der Waals surface area contributed by atoms with Gasteiger partial charge in [-0.2, -0.15) is 5.10 Å². The van der Waals surface area contributed by atoms with Crippen molar-refractivity contribution in [1.29, 1.82) is 0 Å².